The van der Waals surface area contributed by atoms with Crippen molar-refractivity contribution < 1.29 is 0 Å². The summed E-state index contributed by atoms with van der Waals surface area (Å²) in [4.78, 5) is 4.53. The Balaban J connectivity index is 2.17. The molecule has 5 heteroatoms. The summed E-state index contributed by atoms with van der Waals surface area (Å²) in [6, 6.07) is 2.26. The highest BCUT2D eigenvalue weighted by Gasteiger charge is 2.26. The summed E-state index contributed by atoms with van der Waals surface area (Å²) < 4.78 is 1.83. The molecule has 1 fully saturated rings. The van der Waals surface area contributed by atoms with Crippen LogP contribution in [-0.2, 0) is 7.05 Å². The van der Waals surface area contributed by atoms with E-state index in [0.717, 1.165) is 37.4 Å². The molecule has 1 aliphatic rings. The molecule has 0 aliphatic carbocycles. The fourth-order valence-electron chi connectivity index (χ4n) is 2.21. The zero-order chi connectivity index (χ0) is 12.4. The molecule has 92 valence electrons. The van der Waals surface area contributed by atoms with Crippen LogP contribution in [0.5, 0.6) is 0 Å². The number of piperazine rings is 1. The van der Waals surface area contributed by atoms with Crippen LogP contribution in [0.25, 0.3) is 0 Å². The number of rotatable bonds is 2. The van der Waals surface area contributed by atoms with Gasteiger partial charge in [-0.05, 0) is 14.0 Å². The third-order valence-corrected chi connectivity index (χ3v) is 3.59. The second-order valence-corrected chi connectivity index (χ2v) is 4.68. The summed E-state index contributed by atoms with van der Waals surface area (Å²) in [5.41, 5.74) is 2.12. The lowest BCUT2D eigenvalue weighted by atomic mass is 10.1. The molecule has 0 bridgehead atoms. The zero-order valence-electron chi connectivity index (χ0n) is 10.7. The Hall–Kier alpha value is -1.38. The van der Waals surface area contributed by atoms with E-state index in [9.17, 15) is 5.26 Å². The largest absolute Gasteiger partial charge is 0.304 e. The summed E-state index contributed by atoms with van der Waals surface area (Å²) in [5.74, 6) is 0. The molecule has 2 rings (SSSR count). The van der Waals surface area contributed by atoms with E-state index in [-0.39, 0.29) is 6.04 Å². The van der Waals surface area contributed by atoms with Gasteiger partial charge < -0.3 is 4.90 Å². The van der Waals surface area contributed by atoms with Crippen molar-refractivity contribution in [1.29, 1.82) is 5.26 Å². The first kappa shape index (κ1) is 12.1. The molecule has 17 heavy (non-hydrogen) atoms. The first-order valence-electron chi connectivity index (χ1n) is 5.94. The highest BCUT2D eigenvalue weighted by Crippen LogP contribution is 2.23. The van der Waals surface area contributed by atoms with Crippen molar-refractivity contribution in [2.45, 2.75) is 13.0 Å². The molecule has 1 aromatic rings. The van der Waals surface area contributed by atoms with Crippen molar-refractivity contribution in [2.75, 3.05) is 33.2 Å². The topological polar surface area (TPSA) is 48.1 Å². The molecule has 1 atom stereocenters. The van der Waals surface area contributed by atoms with Gasteiger partial charge in [0, 0.05) is 44.5 Å². The van der Waals surface area contributed by atoms with Crippen molar-refractivity contribution in [2.24, 2.45) is 7.05 Å². The fourth-order valence-corrected chi connectivity index (χ4v) is 2.21. The SMILES string of the molecule is Cc1c(C(C#N)N2CCN(C)CC2)cnn1C. The number of likely N-dealkylation sites (N-methyl/N-ethyl adjacent to an activating group) is 1. The lowest BCUT2D eigenvalue weighted by Crippen LogP contribution is -2.45. The van der Waals surface area contributed by atoms with Gasteiger partial charge in [0.25, 0.3) is 0 Å². The van der Waals surface area contributed by atoms with Crippen molar-refractivity contribution in [1.82, 2.24) is 19.6 Å². The number of hydrogen-bond donors (Lipinski definition) is 0. The van der Waals surface area contributed by atoms with E-state index >= 15 is 0 Å². The molecule has 0 spiro atoms. The predicted molar refractivity (Wildman–Crippen MR) is 65.4 cm³/mol. The molecule has 1 aliphatic heterocycles. The molecule has 0 radical (unpaired) electrons. The molecule has 1 saturated heterocycles. The Kier molecular flexibility index (Phi) is 3.46. The summed E-state index contributed by atoms with van der Waals surface area (Å²) in [6.07, 6.45) is 1.82. The summed E-state index contributed by atoms with van der Waals surface area (Å²) in [7, 11) is 4.03. The van der Waals surface area contributed by atoms with Gasteiger partial charge in [-0.25, -0.2) is 0 Å². The standard InChI is InChI=1S/C12H19N5/c1-10-11(9-14-16(10)3)12(8-13)17-6-4-15(2)5-7-17/h9,12H,4-7H2,1-3H3. The maximum absolute atomic E-state index is 9.39. The molecule has 0 aromatic carbocycles. The van der Waals surface area contributed by atoms with Crippen molar-refractivity contribution in [3.8, 4) is 6.07 Å². The first-order chi connectivity index (χ1) is 8.13. The van der Waals surface area contributed by atoms with Gasteiger partial charge in [0.15, 0.2) is 0 Å². The second-order valence-electron chi connectivity index (χ2n) is 4.68. The van der Waals surface area contributed by atoms with Crippen LogP contribution in [0, 0.1) is 18.3 Å². The average molecular weight is 233 g/mol. The van der Waals surface area contributed by atoms with E-state index in [1.165, 1.54) is 0 Å². The summed E-state index contributed by atoms with van der Waals surface area (Å²) >= 11 is 0. The maximum atomic E-state index is 9.39. The molecule has 1 unspecified atom stereocenters. The van der Waals surface area contributed by atoms with Gasteiger partial charge in [0.2, 0.25) is 0 Å². The second kappa shape index (κ2) is 4.86. The number of nitriles is 1. The lowest BCUT2D eigenvalue weighted by molar-refractivity contribution is 0.132. The predicted octanol–water partition coefficient (Wildman–Crippen LogP) is 0.541. The van der Waals surface area contributed by atoms with Crippen LogP contribution in [0.3, 0.4) is 0 Å². The number of nitrogens with zero attached hydrogens (tertiary/aromatic N) is 5. The fraction of sp³-hybridized carbons (Fsp3) is 0.667. The van der Waals surface area contributed by atoms with E-state index in [0.29, 0.717) is 0 Å². The monoisotopic (exact) mass is 233 g/mol. The van der Waals surface area contributed by atoms with Gasteiger partial charge in [-0.15, -0.1) is 0 Å². The van der Waals surface area contributed by atoms with Crippen LogP contribution in [0.2, 0.25) is 0 Å². The lowest BCUT2D eigenvalue weighted by Gasteiger charge is -2.34. The van der Waals surface area contributed by atoms with Crippen molar-refractivity contribution >= 4 is 0 Å². The highest BCUT2D eigenvalue weighted by molar-refractivity contribution is 5.26. The van der Waals surface area contributed by atoms with Crippen molar-refractivity contribution in [3.05, 3.63) is 17.5 Å². The quantitative estimate of drug-likeness (QED) is 0.748. The van der Waals surface area contributed by atoms with Gasteiger partial charge in [0.1, 0.15) is 6.04 Å². The minimum atomic E-state index is -0.155. The zero-order valence-corrected chi connectivity index (χ0v) is 10.7. The van der Waals surface area contributed by atoms with E-state index in [1.807, 2.05) is 24.9 Å². The van der Waals surface area contributed by atoms with Gasteiger partial charge in [-0.3, -0.25) is 9.58 Å². The van der Waals surface area contributed by atoms with Gasteiger partial charge >= 0.3 is 0 Å². The van der Waals surface area contributed by atoms with E-state index < -0.39 is 0 Å². The Morgan fingerprint density at radius 2 is 1.94 bits per heavy atom. The molecule has 0 amide bonds. The molecule has 0 N–H and O–H groups in total. The summed E-state index contributed by atoms with van der Waals surface area (Å²) in [5, 5.41) is 13.6. The molecule has 2 heterocycles. The Morgan fingerprint density at radius 3 is 2.41 bits per heavy atom. The van der Waals surface area contributed by atoms with Crippen LogP contribution in [-0.4, -0.2) is 52.8 Å². The molecule has 0 saturated carbocycles. The minimum absolute atomic E-state index is 0.155. The summed E-state index contributed by atoms with van der Waals surface area (Å²) in [6.45, 7) is 5.96. The Labute approximate surface area is 102 Å². The molecule has 1 aromatic heterocycles. The number of aryl methyl sites for hydroxylation is 1. The number of aromatic nitrogens is 2. The maximum Gasteiger partial charge on any atom is 0.127 e. The highest BCUT2D eigenvalue weighted by atomic mass is 15.3. The van der Waals surface area contributed by atoms with Gasteiger partial charge in [-0.2, -0.15) is 10.4 Å². The van der Waals surface area contributed by atoms with Crippen LogP contribution in [0.4, 0.5) is 0 Å². The molecular weight excluding hydrogens is 214 g/mol. The van der Waals surface area contributed by atoms with Crippen LogP contribution in [0.15, 0.2) is 6.20 Å². The third kappa shape index (κ3) is 2.33. The third-order valence-electron chi connectivity index (χ3n) is 3.59. The van der Waals surface area contributed by atoms with Crippen LogP contribution in [0.1, 0.15) is 17.3 Å². The van der Waals surface area contributed by atoms with Crippen LogP contribution < -0.4 is 0 Å². The average Bonchev–Trinajstić information content (AvgIpc) is 2.65. The van der Waals surface area contributed by atoms with E-state index in [4.69, 9.17) is 0 Å². The Morgan fingerprint density at radius 1 is 1.29 bits per heavy atom. The smallest absolute Gasteiger partial charge is 0.127 e. The van der Waals surface area contributed by atoms with E-state index in [1.54, 1.807) is 0 Å². The van der Waals surface area contributed by atoms with E-state index in [2.05, 4.69) is 28.0 Å². The Bertz CT molecular complexity index is 423. The minimum Gasteiger partial charge on any atom is -0.304 e. The number of hydrogen-bond acceptors (Lipinski definition) is 4. The van der Waals surface area contributed by atoms with Crippen LogP contribution >= 0.6 is 0 Å². The first-order valence-corrected chi connectivity index (χ1v) is 5.94. The van der Waals surface area contributed by atoms with Gasteiger partial charge in [0.05, 0.1) is 12.3 Å². The molecular formula is C12H19N5. The molecule has 5 nitrogen and oxygen atoms in total. The van der Waals surface area contributed by atoms with Gasteiger partial charge in [-0.1, -0.05) is 0 Å². The normalized spacial score (nSPS) is 20.1. The van der Waals surface area contributed by atoms with Crippen molar-refractivity contribution in [3.63, 3.8) is 0 Å².